The Balaban J connectivity index is 1.85. The lowest BCUT2D eigenvalue weighted by Crippen LogP contribution is -2.06. The van der Waals surface area contributed by atoms with Gasteiger partial charge >= 0.3 is 5.97 Å². The van der Waals surface area contributed by atoms with Crippen LogP contribution >= 0.6 is 15.9 Å². The summed E-state index contributed by atoms with van der Waals surface area (Å²) in [5.74, 6) is 0.375. The largest absolute Gasteiger partial charge is 0.455 e. The van der Waals surface area contributed by atoms with E-state index < -0.39 is 5.97 Å². The molecule has 3 rings (SSSR count). The number of esters is 1. The van der Waals surface area contributed by atoms with Crippen molar-refractivity contribution in [1.29, 1.82) is 0 Å². The number of ether oxygens (including phenoxy) is 1. The molecule has 0 aliphatic rings. The number of carbonyl (C=O) groups is 1. The Morgan fingerprint density at radius 3 is 2.77 bits per heavy atom. The molecule has 0 saturated heterocycles. The van der Waals surface area contributed by atoms with Gasteiger partial charge in [0.2, 0.25) is 5.76 Å². The molecule has 0 aliphatic heterocycles. The lowest BCUT2D eigenvalue weighted by atomic mass is 10.1. The standard InChI is InChI=1S/C16H14BrNO4/c1-8-12-6-11(17)4-5-14(12)21-15(8)16(19)20-7-13-9(2)18-22-10(13)3/h4-6H,7H2,1-3H3. The third-order valence-corrected chi connectivity index (χ3v) is 4.11. The Morgan fingerprint density at radius 2 is 2.09 bits per heavy atom. The molecule has 1 aromatic carbocycles. The van der Waals surface area contributed by atoms with Crippen LogP contribution in [0.25, 0.3) is 11.0 Å². The molecule has 6 heteroatoms. The number of halogens is 1. The van der Waals surface area contributed by atoms with Crippen molar-refractivity contribution >= 4 is 32.9 Å². The molecule has 3 aromatic rings. The molecule has 0 radical (unpaired) electrons. The van der Waals surface area contributed by atoms with Crippen LogP contribution in [0.1, 0.15) is 33.1 Å². The minimum absolute atomic E-state index is 0.111. The van der Waals surface area contributed by atoms with Gasteiger partial charge in [0.25, 0.3) is 0 Å². The van der Waals surface area contributed by atoms with Crippen molar-refractivity contribution in [1.82, 2.24) is 5.16 Å². The predicted octanol–water partition coefficient (Wildman–Crippen LogP) is 4.47. The van der Waals surface area contributed by atoms with E-state index >= 15 is 0 Å². The van der Waals surface area contributed by atoms with Gasteiger partial charge in [-0.25, -0.2) is 4.79 Å². The minimum atomic E-state index is -0.496. The van der Waals surface area contributed by atoms with Crippen molar-refractivity contribution in [2.75, 3.05) is 0 Å². The molecule has 0 aliphatic carbocycles. The number of furan rings is 1. The number of rotatable bonds is 3. The molecule has 2 heterocycles. The molecule has 114 valence electrons. The molecule has 0 amide bonds. The topological polar surface area (TPSA) is 65.5 Å². The molecule has 0 N–H and O–H groups in total. The van der Waals surface area contributed by atoms with E-state index in [1.807, 2.05) is 32.0 Å². The highest BCUT2D eigenvalue weighted by molar-refractivity contribution is 9.10. The van der Waals surface area contributed by atoms with Gasteiger partial charge in [-0.2, -0.15) is 0 Å². The molecule has 0 saturated carbocycles. The van der Waals surface area contributed by atoms with Crippen LogP contribution in [0.5, 0.6) is 0 Å². The first-order valence-corrected chi connectivity index (χ1v) is 7.54. The van der Waals surface area contributed by atoms with Crippen LogP contribution in [-0.4, -0.2) is 11.1 Å². The average Bonchev–Trinajstić information content (AvgIpc) is 2.98. The average molecular weight is 364 g/mol. The van der Waals surface area contributed by atoms with E-state index in [-0.39, 0.29) is 12.4 Å². The summed E-state index contributed by atoms with van der Waals surface area (Å²) in [6.45, 7) is 5.54. The number of fused-ring (bicyclic) bond motifs is 1. The summed E-state index contributed by atoms with van der Waals surface area (Å²) in [6.07, 6.45) is 0. The molecule has 0 bridgehead atoms. The van der Waals surface area contributed by atoms with Crippen LogP contribution in [0.15, 0.2) is 31.6 Å². The van der Waals surface area contributed by atoms with Crippen molar-refractivity contribution in [3.05, 3.63) is 51.0 Å². The first kappa shape index (κ1) is 14.8. The minimum Gasteiger partial charge on any atom is -0.455 e. The van der Waals surface area contributed by atoms with E-state index in [4.69, 9.17) is 13.7 Å². The Bertz CT molecular complexity index is 843. The van der Waals surface area contributed by atoms with Crippen molar-refractivity contribution in [2.24, 2.45) is 0 Å². The fourth-order valence-corrected chi connectivity index (χ4v) is 2.66. The molecule has 0 unspecified atom stereocenters. The van der Waals surface area contributed by atoms with E-state index in [0.29, 0.717) is 11.3 Å². The molecule has 0 fully saturated rings. The van der Waals surface area contributed by atoms with Crippen molar-refractivity contribution in [3.63, 3.8) is 0 Å². The van der Waals surface area contributed by atoms with Crippen LogP contribution in [0.4, 0.5) is 0 Å². The van der Waals surface area contributed by atoms with Crippen molar-refractivity contribution < 1.29 is 18.5 Å². The molecule has 0 atom stereocenters. The molecule has 5 nitrogen and oxygen atoms in total. The van der Waals surface area contributed by atoms with E-state index in [0.717, 1.165) is 26.7 Å². The van der Waals surface area contributed by atoms with Gasteiger partial charge in [0.15, 0.2) is 0 Å². The normalized spacial score (nSPS) is 11.1. The Kier molecular flexibility index (Phi) is 3.78. The number of carbonyl (C=O) groups excluding carboxylic acids is 1. The Labute approximate surface area is 135 Å². The van der Waals surface area contributed by atoms with Gasteiger partial charge in [0.1, 0.15) is 18.0 Å². The number of hydrogen-bond acceptors (Lipinski definition) is 5. The van der Waals surface area contributed by atoms with Gasteiger partial charge in [-0.1, -0.05) is 21.1 Å². The predicted molar refractivity (Wildman–Crippen MR) is 83.7 cm³/mol. The van der Waals surface area contributed by atoms with Crippen molar-refractivity contribution in [2.45, 2.75) is 27.4 Å². The molecular formula is C16H14BrNO4. The Hall–Kier alpha value is -2.08. The zero-order valence-electron chi connectivity index (χ0n) is 12.4. The third-order valence-electron chi connectivity index (χ3n) is 3.61. The van der Waals surface area contributed by atoms with Crippen LogP contribution in [0, 0.1) is 20.8 Å². The summed E-state index contributed by atoms with van der Waals surface area (Å²) in [6, 6.07) is 5.60. The zero-order chi connectivity index (χ0) is 15.9. The Morgan fingerprint density at radius 1 is 1.32 bits per heavy atom. The van der Waals surface area contributed by atoms with Crippen LogP contribution in [-0.2, 0) is 11.3 Å². The summed E-state index contributed by atoms with van der Waals surface area (Å²) >= 11 is 3.41. The van der Waals surface area contributed by atoms with Gasteiger partial charge in [0, 0.05) is 15.4 Å². The number of nitrogens with zero attached hydrogens (tertiary/aromatic N) is 1. The van der Waals surface area contributed by atoms with Crippen LogP contribution in [0.2, 0.25) is 0 Å². The van der Waals surface area contributed by atoms with E-state index in [9.17, 15) is 4.79 Å². The summed E-state index contributed by atoms with van der Waals surface area (Å²) in [5.41, 5.74) is 2.92. The van der Waals surface area contributed by atoms with Crippen molar-refractivity contribution in [3.8, 4) is 0 Å². The second-order valence-corrected chi connectivity index (χ2v) is 5.99. The first-order chi connectivity index (χ1) is 10.5. The maximum absolute atomic E-state index is 12.3. The maximum Gasteiger partial charge on any atom is 0.374 e. The van der Waals surface area contributed by atoms with Gasteiger partial charge < -0.3 is 13.7 Å². The van der Waals surface area contributed by atoms with E-state index in [1.54, 1.807) is 6.92 Å². The fraction of sp³-hybridized carbons (Fsp3) is 0.250. The third kappa shape index (κ3) is 2.54. The molecular weight excluding hydrogens is 350 g/mol. The molecule has 22 heavy (non-hydrogen) atoms. The second-order valence-electron chi connectivity index (χ2n) is 5.08. The monoisotopic (exact) mass is 363 g/mol. The summed E-state index contributed by atoms with van der Waals surface area (Å²) < 4.78 is 16.9. The van der Waals surface area contributed by atoms with Gasteiger partial charge in [0.05, 0.1) is 11.3 Å². The second kappa shape index (κ2) is 5.61. The van der Waals surface area contributed by atoms with E-state index in [2.05, 4.69) is 21.1 Å². The summed E-state index contributed by atoms with van der Waals surface area (Å²) in [4.78, 5) is 12.3. The van der Waals surface area contributed by atoms with Gasteiger partial charge in [-0.3, -0.25) is 0 Å². The summed E-state index contributed by atoms with van der Waals surface area (Å²) in [5, 5.41) is 4.72. The number of aromatic nitrogens is 1. The highest BCUT2D eigenvalue weighted by atomic mass is 79.9. The molecule has 0 spiro atoms. The number of hydrogen-bond donors (Lipinski definition) is 0. The first-order valence-electron chi connectivity index (χ1n) is 6.75. The number of benzene rings is 1. The number of aryl methyl sites for hydroxylation is 3. The van der Waals surface area contributed by atoms with E-state index in [1.165, 1.54) is 0 Å². The zero-order valence-corrected chi connectivity index (χ0v) is 14.0. The smallest absolute Gasteiger partial charge is 0.374 e. The maximum atomic E-state index is 12.3. The fourth-order valence-electron chi connectivity index (χ4n) is 2.30. The highest BCUT2D eigenvalue weighted by Crippen LogP contribution is 2.28. The lowest BCUT2D eigenvalue weighted by Gasteiger charge is -2.02. The van der Waals surface area contributed by atoms with Gasteiger partial charge in [-0.05, 0) is 39.0 Å². The van der Waals surface area contributed by atoms with Crippen LogP contribution in [0.3, 0.4) is 0 Å². The van der Waals surface area contributed by atoms with Crippen LogP contribution < -0.4 is 0 Å². The van der Waals surface area contributed by atoms with Gasteiger partial charge in [-0.15, -0.1) is 0 Å². The lowest BCUT2D eigenvalue weighted by molar-refractivity contribution is 0.0435. The highest BCUT2D eigenvalue weighted by Gasteiger charge is 2.20. The quantitative estimate of drug-likeness (QED) is 0.642. The summed E-state index contributed by atoms with van der Waals surface area (Å²) in [7, 11) is 0. The molecule has 2 aromatic heterocycles. The SMILES string of the molecule is Cc1noc(C)c1COC(=O)c1oc2ccc(Br)cc2c1C.